The van der Waals surface area contributed by atoms with E-state index in [9.17, 15) is 17.6 Å². The van der Waals surface area contributed by atoms with Crippen LogP contribution in [0.2, 0.25) is 0 Å². The van der Waals surface area contributed by atoms with Crippen LogP contribution in [0.15, 0.2) is 53.6 Å². The second-order valence-corrected chi connectivity index (χ2v) is 8.52. The van der Waals surface area contributed by atoms with Crippen LogP contribution in [0.25, 0.3) is 22.0 Å². The van der Waals surface area contributed by atoms with Crippen molar-refractivity contribution < 1.29 is 17.6 Å². The van der Waals surface area contributed by atoms with Gasteiger partial charge in [-0.3, -0.25) is 4.79 Å². The largest absolute Gasteiger partial charge is 0.369 e. The Labute approximate surface area is 155 Å². The molecule has 1 amide bonds. The van der Waals surface area contributed by atoms with E-state index in [1.54, 1.807) is 24.4 Å². The minimum absolute atomic E-state index is 0.152. The van der Waals surface area contributed by atoms with Gasteiger partial charge in [-0.05, 0) is 48.7 Å². The third-order valence-corrected chi connectivity index (χ3v) is 6.52. The number of aromatic amines is 1. The molecule has 0 saturated heterocycles. The molecule has 8 heteroatoms. The third kappa shape index (κ3) is 3.33. The highest BCUT2D eigenvalue weighted by Crippen LogP contribution is 2.31. The normalized spacial score (nSPS) is 19.7. The molecule has 1 aliphatic rings. The fraction of sp³-hybridized carbons (Fsp3) is 0.211. The second kappa shape index (κ2) is 6.47. The van der Waals surface area contributed by atoms with Crippen LogP contribution >= 0.6 is 0 Å². The van der Waals surface area contributed by atoms with Crippen molar-refractivity contribution in [3.63, 3.8) is 0 Å². The van der Waals surface area contributed by atoms with Crippen molar-refractivity contribution in [1.29, 1.82) is 0 Å². The van der Waals surface area contributed by atoms with Crippen molar-refractivity contribution in [1.82, 2.24) is 9.71 Å². The lowest BCUT2D eigenvalue weighted by Crippen LogP contribution is -2.48. The van der Waals surface area contributed by atoms with Crippen LogP contribution in [-0.4, -0.2) is 25.4 Å². The van der Waals surface area contributed by atoms with Crippen LogP contribution in [0.4, 0.5) is 4.39 Å². The van der Waals surface area contributed by atoms with Gasteiger partial charge >= 0.3 is 0 Å². The van der Waals surface area contributed by atoms with Crippen LogP contribution in [-0.2, 0) is 14.8 Å². The van der Waals surface area contributed by atoms with E-state index in [0.29, 0.717) is 18.4 Å². The lowest BCUT2D eigenvalue weighted by atomic mass is 9.80. The first-order chi connectivity index (χ1) is 12.8. The molecule has 140 valence electrons. The molecule has 1 aliphatic carbocycles. The highest BCUT2D eigenvalue weighted by Gasteiger charge is 2.35. The fourth-order valence-corrected chi connectivity index (χ4v) is 4.65. The number of fused-ring (bicyclic) bond motifs is 1. The number of H-pyrrole nitrogens is 1. The van der Waals surface area contributed by atoms with E-state index in [0.717, 1.165) is 16.5 Å². The number of aromatic nitrogens is 1. The van der Waals surface area contributed by atoms with Crippen LogP contribution in [0.3, 0.4) is 0 Å². The maximum absolute atomic E-state index is 13.3. The van der Waals surface area contributed by atoms with Crippen molar-refractivity contribution in [2.75, 3.05) is 0 Å². The van der Waals surface area contributed by atoms with Gasteiger partial charge in [-0.2, -0.15) is 0 Å². The van der Waals surface area contributed by atoms with Crippen LogP contribution in [0.1, 0.15) is 12.8 Å². The summed E-state index contributed by atoms with van der Waals surface area (Å²) in [6.07, 6.45) is 2.63. The summed E-state index contributed by atoms with van der Waals surface area (Å²) in [4.78, 5) is 14.2. The number of benzene rings is 2. The zero-order valence-corrected chi connectivity index (χ0v) is 15.1. The van der Waals surface area contributed by atoms with Crippen molar-refractivity contribution in [3.8, 4) is 11.1 Å². The molecule has 0 spiro atoms. The zero-order valence-electron chi connectivity index (χ0n) is 14.3. The van der Waals surface area contributed by atoms with E-state index in [1.807, 2.05) is 0 Å². The Bertz CT molecular complexity index is 1120. The summed E-state index contributed by atoms with van der Waals surface area (Å²) < 4.78 is 40.9. The summed E-state index contributed by atoms with van der Waals surface area (Å²) in [5.41, 5.74) is 7.57. The third-order valence-electron chi connectivity index (χ3n) is 4.98. The number of rotatable bonds is 5. The number of nitrogens with two attached hydrogens (primary N) is 1. The van der Waals surface area contributed by atoms with Gasteiger partial charge < -0.3 is 10.7 Å². The van der Waals surface area contributed by atoms with Gasteiger partial charge in [0.2, 0.25) is 15.9 Å². The first-order valence-corrected chi connectivity index (χ1v) is 10.0. The van der Waals surface area contributed by atoms with Crippen LogP contribution in [0, 0.1) is 11.7 Å². The van der Waals surface area contributed by atoms with Crippen molar-refractivity contribution in [2.24, 2.45) is 11.7 Å². The van der Waals surface area contributed by atoms with E-state index in [2.05, 4.69) is 9.71 Å². The number of primary amides is 1. The number of hydrogen-bond donors (Lipinski definition) is 3. The predicted molar refractivity (Wildman–Crippen MR) is 99.7 cm³/mol. The van der Waals surface area contributed by atoms with Gasteiger partial charge in [0.05, 0.1) is 4.90 Å². The Morgan fingerprint density at radius 2 is 1.85 bits per heavy atom. The Morgan fingerprint density at radius 1 is 1.15 bits per heavy atom. The number of hydrogen-bond acceptors (Lipinski definition) is 3. The summed E-state index contributed by atoms with van der Waals surface area (Å²) in [7, 11) is -3.66. The van der Waals surface area contributed by atoms with E-state index < -0.39 is 15.9 Å². The van der Waals surface area contributed by atoms with Gasteiger partial charge in [0, 0.05) is 34.6 Å². The summed E-state index contributed by atoms with van der Waals surface area (Å²) in [5.74, 6) is -0.974. The first-order valence-electron chi connectivity index (χ1n) is 8.52. The molecule has 2 aromatic carbocycles. The summed E-state index contributed by atoms with van der Waals surface area (Å²) in [5, 5.41) is 0.858. The molecule has 0 bridgehead atoms. The summed E-state index contributed by atoms with van der Waals surface area (Å²) in [6.45, 7) is 0. The quantitative estimate of drug-likeness (QED) is 0.626. The molecule has 4 rings (SSSR count). The smallest absolute Gasteiger partial charge is 0.240 e. The first kappa shape index (κ1) is 17.7. The van der Waals surface area contributed by atoms with Crippen molar-refractivity contribution in [3.05, 3.63) is 54.5 Å². The molecule has 27 heavy (non-hydrogen) atoms. The number of sulfonamides is 1. The molecular weight excluding hydrogens is 369 g/mol. The molecule has 0 radical (unpaired) electrons. The van der Waals surface area contributed by atoms with Crippen LogP contribution in [0.5, 0.6) is 0 Å². The van der Waals surface area contributed by atoms with Crippen LogP contribution < -0.4 is 10.5 Å². The van der Waals surface area contributed by atoms with Gasteiger partial charge in [0.15, 0.2) is 0 Å². The monoisotopic (exact) mass is 387 g/mol. The SMILES string of the molecule is NC(=O)[C@H]1C[C@H](NS(=O)(=O)c2ccc(-c3c[nH]c4cc(F)ccc34)cc2)C1. The molecule has 0 aliphatic heterocycles. The molecule has 6 nitrogen and oxygen atoms in total. The summed E-state index contributed by atoms with van der Waals surface area (Å²) >= 11 is 0. The fourth-order valence-electron chi connectivity index (χ4n) is 3.38. The van der Waals surface area contributed by atoms with Gasteiger partial charge in [-0.1, -0.05) is 12.1 Å². The van der Waals surface area contributed by atoms with E-state index in [1.165, 1.54) is 24.3 Å². The number of carbonyl (C=O) groups is 1. The van der Waals surface area contributed by atoms with Crippen molar-refractivity contribution >= 4 is 26.8 Å². The van der Waals surface area contributed by atoms with E-state index in [4.69, 9.17) is 5.73 Å². The second-order valence-electron chi connectivity index (χ2n) is 6.81. The Kier molecular flexibility index (Phi) is 4.24. The molecule has 1 aromatic heterocycles. The van der Waals surface area contributed by atoms with Gasteiger partial charge in [0.25, 0.3) is 0 Å². The minimum Gasteiger partial charge on any atom is -0.369 e. The topological polar surface area (TPSA) is 105 Å². The number of carbonyl (C=O) groups excluding carboxylic acids is 1. The standard InChI is InChI=1S/C19H18FN3O3S/c20-13-3-6-16-17(10-22-18(16)9-13)11-1-4-15(5-2-11)27(25,26)23-14-7-12(8-14)19(21)24/h1-6,9-10,12,14,22-23H,7-8H2,(H2,21,24)/t12-,14-. The average Bonchev–Trinajstić information content (AvgIpc) is 3.00. The number of halogens is 1. The molecular formula is C19H18FN3O3S. The molecule has 1 fully saturated rings. The lowest BCUT2D eigenvalue weighted by molar-refractivity contribution is -0.124. The highest BCUT2D eigenvalue weighted by molar-refractivity contribution is 7.89. The maximum atomic E-state index is 13.3. The van der Waals surface area contributed by atoms with Gasteiger partial charge in [-0.15, -0.1) is 0 Å². The van der Waals surface area contributed by atoms with Gasteiger partial charge in [-0.25, -0.2) is 17.5 Å². The Morgan fingerprint density at radius 3 is 2.52 bits per heavy atom. The summed E-state index contributed by atoms with van der Waals surface area (Å²) in [6, 6.07) is 10.7. The minimum atomic E-state index is -3.66. The molecule has 4 N–H and O–H groups in total. The molecule has 3 aromatic rings. The highest BCUT2D eigenvalue weighted by atomic mass is 32.2. The van der Waals surface area contributed by atoms with Gasteiger partial charge in [0.1, 0.15) is 5.82 Å². The Hall–Kier alpha value is -2.71. The Balaban J connectivity index is 1.54. The molecule has 1 heterocycles. The predicted octanol–water partition coefficient (Wildman–Crippen LogP) is 2.52. The molecule has 0 unspecified atom stereocenters. The van der Waals surface area contributed by atoms with E-state index in [-0.39, 0.29) is 22.7 Å². The molecule has 1 saturated carbocycles. The van der Waals surface area contributed by atoms with E-state index >= 15 is 0 Å². The number of nitrogens with one attached hydrogen (secondary N) is 2. The van der Waals surface area contributed by atoms with Crippen molar-refractivity contribution in [2.45, 2.75) is 23.8 Å². The lowest BCUT2D eigenvalue weighted by Gasteiger charge is -2.33. The number of amides is 1. The maximum Gasteiger partial charge on any atom is 0.240 e. The average molecular weight is 387 g/mol. The molecule has 0 atom stereocenters. The zero-order chi connectivity index (χ0) is 19.2.